The summed E-state index contributed by atoms with van der Waals surface area (Å²) in [6, 6.07) is 4.54. The summed E-state index contributed by atoms with van der Waals surface area (Å²) < 4.78 is 6.69. The molecule has 0 atom stereocenters. The molecule has 2 rings (SSSR count). The molecule has 0 radical (unpaired) electrons. The molecule has 0 N–H and O–H groups in total. The van der Waals surface area contributed by atoms with Crippen LogP contribution in [0.2, 0.25) is 6.82 Å². The topological polar surface area (TPSA) is 9.23 Å². The second-order valence-corrected chi connectivity index (χ2v) is 8.69. The summed E-state index contributed by atoms with van der Waals surface area (Å²) in [7, 11) is 0. The third-order valence-corrected chi connectivity index (χ3v) is 6.53. The Morgan fingerprint density at radius 1 is 1.08 bits per heavy atom. The van der Waals surface area contributed by atoms with Gasteiger partial charge in [-0.05, 0) is 69.8 Å². The average Bonchev–Trinajstić information content (AvgIpc) is 2.34. The summed E-state index contributed by atoms with van der Waals surface area (Å²) in [4.78, 5) is 0. The van der Waals surface area contributed by atoms with Crippen LogP contribution in [-0.2, 0) is 4.65 Å². The van der Waals surface area contributed by atoms with Crippen molar-refractivity contribution >= 4 is 18.5 Å². The van der Waals surface area contributed by atoms with Crippen LogP contribution in [0.1, 0.15) is 70.6 Å². The lowest BCUT2D eigenvalue weighted by molar-refractivity contribution is -0.0707. The number of hydrogen-bond acceptors (Lipinski definition) is 1. The number of benzene rings is 1. The summed E-state index contributed by atoms with van der Waals surface area (Å²) in [6.45, 7) is 18.1. The van der Waals surface area contributed by atoms with Crippen molar-refractivity contribution in [3.8, 4) is 0 Å². The summed E-state index contributed by atoms with van der Waals surface area (Å²) in [6.07, 6.45) is 8.34. The van der Waals surface area contributed by atoms with Crippen molar-refractivity contribution in [1.29, 1.82) is 0 Å². The fraction of sp³-hybridized carbons (Fsp3) is 0.636. The van der Waals surface area contributed by atoms with Crippen LogP contribution in [0.5, 0.6) is 0 Å². The molecule has 0 spiro atoms. The Morgan fingerprint density at radius 2 is 1.62 bits per heavy atom. The van der Waals surface area contributed by atoms with Gasteiger partial charge in [-0.25, -0.2) is 0 Å². The molecule has 1 aliphatic rings. The van der Waals surface area contributed by atoms with Gasteiger partial charge in [0.1, 0.15) is 0 Å². The molecule has 1 aromatic carbocycles. The van der Waals surface area contributed by atoms with Gasteiger partial charge in [0.2, 0.25) is 0 Å². The molecule has 0 heterocycles. The first kappa shape index (κ1) is 19.3. The zero-order valence-corrected chi connectivity index (χ0v) is 17.0. The molecule has 1 saturated carbocycles. The molecule has 0 aromatic heterocycles. The van der Waals surface area contributed by atoms with Gasteiger partial charge < -0.3 is 4.65 Å². The smallest absolute Gasteiger partial charge is 0.324 e. The first-order chi connectivity index (χ1) is 11.1. The number of allylic oxidation sites excluding steroid dienone is 1. The Kier molecular flexibility index (Phi) is 5.70. The number of hydrogen-bond donors (Lipinski definition) is 0. The Labute approximate surface area is 150 Å². The van der Waals surface area contributed by atoms with Gasteiger partial charge in [-0.1, -0.05) is 62.5 Å². The van der Waals surface area contributed by atoms with Crippen molar-refractivity contribution in [2.24, 2.45) is 11.3 Å². The third kappa shape index (κ3) is 3.64. The standard InChI is InChI=1S/C22H35BO/c1-9-11-18-14-16(2)20(17(3)15-18)23(8)24-22(6,7)21(4,5)19-12-10-13-19/h9,11,14-15,19H,10,12-13H2,1-8H3/b11-9+. The highest BCUT2D eigenvalue weighted by atomic mass is 16.5. The van der Waals surface area contributed by atoms with E-state index < -0.39 is 0 Å². The second kappa shape index (κ2) is 7.08. The Bertz CT molecular complexity index is 585. The maximum absolute atomic E-state index is 6.69. The van der Waals surface area contributed by atoms with Gasteiger partial charge in [-0.3, -0.25) is 0 Å². The molecule has 0 amide bonds. The maximum atomic E-state index is 6.69. The van der Waals surface area contributed by atoms with Gasteiger partial charge in [0, 0.05) is 0 Å². The molecule has 1 aromatic rings. The summed E-state index contributed by atoms with van der Waals surface area (Å²) >= 11 is 0. The van der Waals surface area contributed by atoms with E-state index in [-0.39, 0.29) is 17.9 Å². The van der Waals surface area contributed by atoms with Crippen molar-refractivity contribution < 1.29 is 4.65 Å². The van der Waals surface area contributed by atoms with E-state index in [0.29, 0.717) is 0 Å². The second-order valence-electron chi connectivity index (χ2n) is 8.69. The van der Waals surface area contributed by atoms with E-state index in [1.807, 2.05) is 0 Å². The van der Waals surface area contributed by atoms with Gasteiger partial charge in [-0.2, -0.15) is 0 Å². The van der Waals surface area contributed by atoms with E-state index in [2.05, 4.69) is 79.6 Å². The van der Waals surface area contributed by atoms with Crippen molar-refractivity contribution in [2.45, 2.75) is 80.2 Å². The SMILES string of the molecule is C/C=C/c1cc(C)c(B(C)OC(C)(C)C(C)(C)C2CCC2)c(C)c1. The van der Waals surface area contributed by atoms with E-state index in [0.717, 1.165) is 5.92 Å². The minimum atomic E-state index is -0.140. The molecule has 0 bridgehead atoms. The summed E-state index contributed by atoms with van der Waals surface area (Å²) in [5.41, 5.74) is 5.34. The lowest BCUT2D eigenvalue weighted by Gasteiger charge is -2.51. The molecule has 24 heavy (non-hydrogen) atoms. The van der Waals surface area contributed by atoms with Crippen molar-refractivity contribution in [1.82, 2.24) is 0 Å². The highest BCUT2D eigenvalue weighted by Crippen LogP contribution is 2.49. The largest absolute Gasteiger partial charge is 0.426 e. The molecule has 0 unspecified atom stereocenters. The van der Waals surface area contributed by atoms with Crippen LogP contribution >= 0.6 is 0 Å². The number of rotatable bonds is 6. The molecule has 1 nitrogen and oxygen atoms in total. The van der Waals surface area contributed by atoms with E-state index in [1.165, 1.54) is 41.4 Å². The van der Waals surface area contributed by atoms with Crippen LogP contribution in [0.25, 0.3) is 6.08 Å². The first-order valence-electron chi connectivity index (χ1n) is 9.52. The summed E-state index contributed by atoms with van der Waals surface area (Å²) in [5, 5.41) is 0. The van der Waals surface area contributed by atoms with Crippen LogP contribution in [0.4, 0.5) is 0 Å². The minimum Gasteiger partial charge on any atom is -0.426 e. The van der Waals surface area contributed by atoms with E-state index in [1.54, 1.807) is 0 Å². The van der Waals surface area contributed by atoms with E-state index in [4.69, 9.17) is 4.65 Å². The van der Waals surface area contributed by atoms with Crippen LogP contribution in [0.15, 0.2) is 18.2 Å². The Balaban J connectivity index is 2.24. The lowest BCUT2D eigenvalue weighted by atomic mass is 9.56. The first-order valence-corrected chi connectivity index (χ1v) is 9.52. The van der Waals surface area contributed by atoms with Crippen LogP contribution in [0.3, 0.4) is 0 Å². The lowest BCUT2D eigenvalue weighted by Crippen LogP contribution is -2.53. The van der Waals surface area contributed by atoms with Gasteiger partial charge in [0.15, 0.2) is 0 Å². The molecular weight excluding hydrogens is 291 g/mol. The molecule has 2 heteroatoms. The van der Waals surface area contributed by atoms with Crippen molar-refractivity contribution in [3.05, 3.63) is 34.9 Å². The molecule has 0 aliphatic heterocycles. The number of aryl methyl sites for hydroxylation is 2. The van der Waals surface area contributed by atoms with E-state index in [9.17, 15) is 0 Å². The monoisotopic (exact) mass is 326 g/mol. The molecule has 1 fully saturated rings. The molecule has 1 aliphatic carbocycles. The zero-order valence-electron chi connectivity index (χ0n) is 17.0. The minimum absolute atomic E-state index is 0.110. The Morgan fingerprint density at radius 3 is 2.04 bits per heavy atom. The predicted molar refractivity (Wildman–Crippen MR) is 108 cm³/mol. The normalized spacial score (nSPS) is 16.5. The van der Waals surface area contributed by atoms with E-state index >= 15 is 0 Å². The highest BCUT2D eigenvalue weighted by molar-refractivity contribution is 6.67. The molecule has 132 valence electrons. The van der Waals surface area contributed by atoms with Crippen LogP contribution < -0.4 is 5.46 Å². The van der Waals surface area contributed by atoms with Crippen LogP contribution in [-0.4, -0.2) is 12.5 Å². The van der Waals surface area contributed by atoms with Crippen molar-refractivity contribution in [2.75, 3.05) is 0 Å². The maximum Gasteiger partial charge on any atom is 0.324 e. The zero-order chi connectivity index (χ0) is 18.1. The quantitative estimate of drug-likeness (QED) is 0.602. The highest BCUT2D eigenvalue weighted by Gasteiger charge is 2.46. The Hall–Kier alpha value is -1.02. The predicted octanol–water partition coefficient (Wildman–Crippen LogP) is 5.79. The van der Waals surface area contributed by atoms with Gasteiger partial charge >= 0.3 is 6.92 Å². The fourth-order valence-corrected chi connectivity index (χ4v) is 4.21. The van der Waals surface area contributed by atoms with Gasteiger partial charge in [0.05, 0.1) is 5.60 Å². The average molecular weight is 326 g/mol. The van der Waals surface area contributed by atoms with Crippen molar-refractivity contribution in [3.63, 3.8) is 0 Å². The molecular formula is C22H35BO. The van der Waals surface area contributed by atoms with Gasteiger partial charge in [0.25, 0.3) is 0 Å². The summed E-state index contributed by atoms with van der Waals surface area (Å²) in [5.74, 6) is 0.791. The molecule has 0 saturated heterocycles. The van der Waals surface area contributed by atoms with Gasteiger partial charge in [-0.15, -0.1) is 0 Å². The van der Waals surface area contributed by atoms with Crippen LogP contribution in [0, 0.1) is 25.2 Å². The fourth-order valence-electron chi connectivity index (χ4n) is 4.21. The third-order valence-electron chi connectivity index (χ3n) is 6.53.